The maximum atomic E-state index is 2.42. The van der Waals surface area contributed by atoms with Gasteiger partial charge in [0.25, 0.3) is 0 Å². The molecule has 0 N–H and O–H groups in total. The molecular formula is C13H20Si. The molecule has 76 valence electrons. The van der Waals surface area contributed by atoms with Crippen LogP contribution >= 0.6 is 0 Å². The Morgan fingerprint density at radius 2 is 2.00 bits per heavy atom. The fraction of sp³-hybridized carbons (Fsp3) is 0.692. The minimum atomic E-state index is 0.626. The van der Waals surface area contributed by atoms with Crippen molar-refractivity contribution in [3.05, 3.63) is 23.4 Å². The third-order valence-electron chi connectivity index (χ3n) is 3.48. The fourth-order valence-electron chi connectivity index (χ4n) is 2.34. The SMILES string of the molecule is CC1(C)CCC([Si]C2=CCC=C2)CC1. The van der Waals surface area contributed by atoms with Crippen LogP contribution in [-0.2, 0) is 0 Å². The van der Waals surface area contributed by atoms with Crippen molar-refractivity contribution in [3.63, 3.8) is 0 Å². The molecule has 1 heteroatoms. The zero-order valence-corrected chi connectivity index (χ0v) is 10.3. The minimum absolute atomic E-state index is 0.626. The molecule has 2 rings (SSSR count). The Labute approximate surface area is 90.3 Å². The van der Waals surface area contributed by atoms with Gasteiger partial charge in [-0.2, -0.15) is 0 Å². The normalized spacial score (nSPS) is 26.6. The summed E-state index contributed by atoms with van der Waals surface area (Å²) in [7, 11) is 1.09. The number of hydrogen-bond donors (Lipinski definition) is 0. The van der Waals surface area contributed by atoms with Crippen molar-refractivity contribution < 1.29 is 0 Å². The van der Waals surface area contributed by atoms with E-state index in [1.54, 1.807) is 5.20 Å². The Balaban J connectivity index is 1.81. The summed E-state index contributed by atoms with van der Waals surface area (Å²) in [6.07, 6.45) is 14.0. The van der Waals surface area contributed by atoms with Crippen molar-refractivity contribution >= 4 is 9.52 Å². The Bertz CT molecular complexity index is 250. The maximum Gasteiger partial charge on any atom is 0.0838 e. The number of rotatable bonds is 2. The topological polar surface area (TPSA) is 0 Å². The molecule has 0 heterocycles. The smallest absolute Gasteiger partial charge is 0.0820 e. The van der Waals surface area contributed by atoms with E-state index in [0.717, 1.165) is 15.1 Å². The molecule has 0 saturated heterocycles. The van der Waals surface area contributed by atoms with Crippen LogP contribution in [0.5, 0.6) is 0 Å². The Morgan fingerprint density at radius 1 is 1.29 bits per heavy atom. The quantitative estimate of drug-likeness (QED) is 0.598. The van der Waals surface area contributed by atoms with Crippen molar-refractivity contribution in [3.8, 4) is 0 Å². The van der Waals surface area contributed by atoms with Crippen LogP contribution in [0, 0.1) is 5.41 Å². The first-order valence-corrected chi connectivity index (χ1v) is 6.87. The van der Waals surface area contributed by atoms with Gasteiger partial charge in [-0.3, -0.25) is 0 Å². The highest BCUT2D eigenvalue weighted by Gasteiger charge is 2.27. The zero-order chi connectivity index (χ0) is 10.0. The predicted octanol–water partition coefficient (Wildman–Crippen LogP) is 3.92. The van der Waals surface area contributed by atoms with Crippen LogP contribution in [0.3, 0.4) is 0 Å². The van der Waals surface area contributed by atoms with Crippen LogP contribution in [0.25, 0.3) is 0 Å². The van der Waals surface area contributed by atoms with Crippen LogP contribution in [0.4, 0.5) is 0 Å². The summed E-state index contributed by atoms with van der Waals surface area (Å²) in [5.74, 6) is 0. The largest absolute Gasteiger partial charge is 0.0838 e. The molecule has 0 nitrogen and oxygen atoms in total. The number of hydrogen-bond acceptors (Lipinski definition) is 0. The molecule has 0 aliphatic heterocycles. The van der Waals surface area contributed by atoms with Gasteiger partial charge in [-0.1, -0.05) is 50.1 Å². The van der Waals surface area contributed by atoms with Gasteiger partial charge in [0.2, 0.25) is 0 Å². The van der Waals surface area contributed by atoms with Gasteiger partial charge in [-0.25, -0.2) is 0 Å². The van der Waals surface area contributed by atoms with E-state index in [2.05, 4.69) is 32.1 Å². The summed E-state index contributed by atoms with van der Waals surface area (Å²) >= 11 is 0. The second-order valence-electron chi connectivity index (χ2n) is 5.38. The van der Waals surface area contributed by atoms with Crippen molar-refractivity contribution in [1.29, 1.82) is 0 Å². The summed E-state index contributed by atoms with van der Waals surface area (Å²) in [5.41, 5.74) is 1.62. The van der Waals surface area contributed by atoms with E-state index in [-0.39, 0.29) is 0 Å². The van der Waals surface area contributed by atoms with Gasteiger partial charge < -0.3 is 0 Å². The standard InChI is InChI=1S/C13H20Si/c1-13(2)9-7-12(8-10-13)14-11-5-3-4-6-11/h3,5-6,12H,4,7-10H2,1-2H3. The van der Waals surface area contributed by atoms with E-state index in [1.165, 1.54) is 32.1 Å². The molecule has 2 aliphatic carbocycles. The van der Waals surface area contributed by atoms with Gasteiger partial charge in [0, 0.05) is 0 Å². The molecule has 2 radical (unpaired) electrons. The summed E-state index contributed by atoms with van der Waals surface area (Å²) < 4.78 is 0. The van der Waals surface area contributed by atoms with E-state index in [0.29, 0.717) is 5.41 Å². The van der Waals surface area contributed by atoms with E-state index in [9.17, 15) is 0 Å². The lowest BCUT2D eigenvalue weighted by molar-refractivity contribution is 0.244. The lowest BCUT2D eigenvalue weighted by atomic mass is 9.77. The highest BCUT2D eigenvalue weighted by Crippen LogP contribution is 2.41. The third-order valence-corrected chi connectivity index (χ3v) is 5.17. The van der Waals surface area contributed by atoms with Crippen molar-refractivity contribution in [2.75, 3.05) is 0 Å². The van der Waals surface area contributed by atoms with E-state index < -0.39 is 0 Å². The first-order valence-electron chi connectivity index (χ1n) is 5.79. The zero-order valence-electron chi connectivity index (χ0n) is 9.34. The van der Waals surface area contributed by atoms with Gasteiger partial charge in [-0.15, -0.1) is 0 Å². The Morgan fingerprint density at radius 3 is 2.57 bits per heavy atom. The lowest BCUT2D eigenvalue weighted by Gasteiger charge is -2.34. The van der Waals surface area contributed by atoms with E-state index in [4.69, 9.17) is 0 Å². The van der Waals surface area contributed by atoms with Crippen LogP contribution in [0.1, 0.15) is 46.0 Å². The van der Waals surface area contributed by atoms with Gasteiger partial charge >= 0.3 is 0 Å². The Hall–Kier alpha value is -0.303. The van der Waals surface area contributed by atoms with Gasteiger partial charge in [-0.05, 0) is 30.2 Å². The average Bonchev–Trinajstić information content (AvgIpc) is 2.61. The molecule has 0 amide bonds. The van der Waals surface area contributed by atoms with Gasteiger partial charge in [0.05, 0.1) is 9.52 Å². The third kappa shape index (κ3) is 2.60. The molecule has 0 bridgehead atoms. The summed E-state index contributed by atoms with van der Waals surface area (Å²) in [6.45, 7) is 4.84. The molecule has 0 unspecified atom stereocenters. The minimum Gasteiger partial charge on any atom is -0.0820 e. The van der Waals surface area contributed by atoms with Gasteiger partial charge in [0.15, 0.2) is 0 Å². The lowest BCUT2D eigenvalue weighted by Crippen LogP contribution is -2.21. The molecule has 14 heavy (non-hydrogen) atoms. The van der Waals surface area contributed by atoms with E-state index >= 15 is 0 Å². The van der Waals surface area contributed by atoms with Crippen molar-refractivity contribution in [1.82, 2.24) is 0 Å². The summed E-state index contributed by atoms with van der Waals surface area (Å²) in [5, 5.41) is 1.62. The molecule has 1 fully saturated rings. The highest BCUT2D eigenvalue weighted by atomic mass is 28.2. The van der Waals surface area contributed by atoms with Crippen LogP contribution in [0.15, 0.2) is 23.4 Å². The first kappa shape index (κ1) is 10.2. The monoisotopic (exact) mass is 204 g/mol. The van der Waals surface area contributed by atoms with Crippen molar-refractivity contribution in [2.45, 2.75) is 51.5 Å². The predicted molar refractivity (Wildman–Crippen MR) is 63.6 cm³/mol. The molecular weight excluding hydrogens is 184 g/mol. The molecule has 1 saturated carbocycles. The average molecular weight is 204 g/mol. The Kier molecular flexibility index (Phi) is 2.96. The van der Waals surface area contributed by atoms with Crippen LogP contribution in [-0.4, -0.2) is 9.52 Å². The highest BCUT2D eigenvalue weighted by molar-refractivity contribution is 6.48. The fourth-order valence-corrected chi connectivity index (χ4v) is 3.84. The van der Waals surface area contributed by atoms with Crippen LogP contribution in [0.2, 0.25) is 5.54 Å². The molecule has 2 aliphatic rings. The maximum absolute atomic E-state index is 2.42. The first-order chi connectivity index (χ1) is 6.66. The summed E-state index contributed by atoms with van der Waals surface area (Å²) in [6, 6.07) is 0. The van der Waals surface area contributed by atoms with Gasteiger partial charge in [0.1, 0.15) is 0 Å². The van der Waals surface area contributed by atoms with E-state index in [1.807, 2.05) is 0 Å². The van der Waals surface area contributed by atoms with Crippen molar-refractivity contribution in [2.24, 2.45) is 5.41 Å². The molecule has 0 aromatic rings. The molecule has 0 aromatic carbocycles. The second kappa shape index (κ2) is 4.06. The molecule has 0 spiro atoms. The number of allylic oxidation sites excluding steroid dienone is 4. The van der Waals surface area contributed by atoms with Crippen LogP contribution < -0.4 is 0 Å². The molecule has 0 aromatic heterocycles. The summed E-state index contributed by atoms with van der Waals surface area (Å²) in [4.78, 5) is 0. The second-order valence-corrected chi connectivity index (χ2v) is 7.06. The molecule has 0 atom stereocenters.